The maximum atomic E-state index is 13.4. The number of hydrogen-bond acceptors (Lipinski definition) is 7. The SMILES string of the molecule is Cc1nc(NC(=O)CSc2nnc(C(C)N(C)C)n2-c2ccc(F)cc2)sc1C. The predicted octanol–water partition coefficient (Wildman–Crippen LogP) is 3.83. The fourth-order valence-electron chi connectivity index (χ4n) is 2.52. The third-order valence-electron chi connectivity index (χ3n) is 4.50. The van der Waals surface area contributed by atoms with E-state index in [-0.39, 0.29) is 23.5 Å². The van der Waals surface area contributed by atoms with Crippen molar-refractivity contribution in [3.05, 3.63) is 46.5 Å². The van der Waals surface area contributed by atoms with E-state index < -0.39 is 0 Å². The summed E-state index contributed by atoms with van der Waals surface area (Å²) in [4.78, 5) is 19.8. The molecular weight excluding hydrogens is 411 g/mol. The molecule has 3 aromatic rings. The van der Waals surface area contributed by atoms with Crippen molar-refractivity contribution < 1.29 is 9.18 Å². The summed E-state index contributed by atoms with van der Waals surface area (Å²) in [5.74, 6) is 0.398. The Kier molecular flexibility index (Phi) is 6.66. The minimum Gasteiger partial charge on any atom is -0.301 e. The number of carbonyl (C=O) groups is 1. The van der Waals surface area contributed by atoms with E-state index in [4.69, 9.17) is 0 Å². The first kappa shape index (κ1) is 21.4. The van der Waals surface area contributed by atoms with Gasteiger partial charge in [0.05, 0.1) is 17.5 Å². The number of carbonyl (C=O) groups excluding carboxylic acids is 1. The Morgan fingerprint density at radius 2 is 1.97 bits per heavy atom. The molecule has 0 saturated heterocycles. The van der Waals surface area contributed by atoms with Gasteiger partial charge in [-0.15, -0.1) is 21.5 Å². The molecule has 1 atom stereocenters. The molecule has 0 aliphatic heterocycles. The van der Waals surface area contributed by atoms with E-state index in [0.717, 1.165) is 22.1 Å². The third-order valence-corrected chi connectivity index (χ3v) is 6.42. The van der Waals surface area contributed by atoms with E-state index in [1.165, 1.54) is 35.2 Å². The standard InChI is InChI=1S/C19H23FN6OS2/c1-11-13(3)29-18(21-11)22-16(27)10-28-19-24-23-17(12(2)25(4)5)26(19)15-8-6-14(20)7-9-15/h6-9,12H,10H2,1-5H3,(H,21,22,27). The van der Waals surface area contributed by atoms with Crippen LogP contribution in [0.1, 0.15) is 29.4 Å². The molecule has 2 heterocycles. The van der Waals surface area contributed by atoms with Gasteiger partial charge in [0.2, 0.25) is 5.91 Å². The van der Waals surface area contributed by atoms with Crippen molar-refractivity contribution in [3.63, 3.8) is 0 Å². The maximum Gasteiger partial charge on any atom is 0.236 e. The fourth-order valence-corrected chi connectivity index (χ4v) is 4.11. The van der Waals surface area contributed by atoms with Gasteiger partial charge in [-0.2, -0.15) is 0 Å². The molecule has 1 amide bonds. The number of amides is 1. The van der Waals surface area contributed by atoms with Crippen molar-refractivity contribution in [2.75, 3.05) is 25.2 Å². The summed E-state index contributed by atoms with van der Waals surface area (Å²) in [5, 5.41) is 12.6. The van der Waals surface area contributed by atoms with Crippen molar-refractivity contribution >= 4 is 34.1 Å². The van der Waals surface area contributed by atoms with Crippen molar-refractivity contribution in [2.24, 2.45) is 0 Å². The average molecular weight is 435 g/mol. The summed E-state index contributed by atoms with van der Waals surface area (Å²) < 4.78 is 15.3. The van der Waals surface area contributed by atoms with E-state index in [2.05, 4.69) is 20.5 Å². The molecule has 1 aromatic carbocycles. The lowest BCUT2D eigenvalue weighted by atomic mass is 10.2. The zero-order valence-corrected chi connectivity index (χ0v) is 18.6. The van der Waals surface area contributed by atoms with Crippen LogP contribution in [0.5, 0.6) is 0 Å². The molecule has 154 valence electrons. The summed E-state index contributed by atoms with van der Waals surface area (Å²) in [6, 6.07) is 6.13. The quantitative estimate of drug-likeness (QED) is 0.570. The second-order valence-corrected chi connectivity index (χ2v) is 8.94. The number of nitrogens with zero attached hydrogens (tertiary/aromatic N) is 5. The molecule has 0 saturated carbocycles. The minimum absolute atomic E-state index is 0.0167. The molecule has 1 N–H and O–H groups in total. The zero-order valence-electron chi connectivity index (χ0n) is 16.9. The number of thiazole rings is 1. The van der Waals surface area contributed by atoms with Crippen LogP contribution in [0.4, 0.5) is 9.52 Å². The van der Waals surface area contributed by atoms with Crippen molar-refractivity contribution in [1.29, 1.82) is 0 Å². The predicted molar refractivity (Wildman–Crippen MR) is 114 cm³/mol. The number of halogens is 1. The van der Waals surface area contributed by atoms with E-state index in [1.54, 1.807) is 12.1 Å². The van der Waals surface area contributed by atoms with Crippen LogP contribution >= 0.6 is 23.1 Å². The summed E-state index contributed by atoms with van der Waals surface area (Å²) in [7, 11) is 3.90. The maximum absolute atomic E-state index is 13.4. The summed E-state index contributed by atoms with van der Waals surface area (Å²) in [5.41, 5.74) is 1.66. The summed E-state index contributed by atoms with van der Waals surface area (Å²) >= 11 is 2.73. The van der Waals surface area contributed by atoms with Crippen molar-refractivity contribution in [1.82, 2.24) is 24.6 Å². The second kappa shape index (κ2) is 9.02. The molecule has 0 bridgehead atoms. The van der Waals surface area contributed by atoms with Crippen LogP contribution < -0.4 is 5.32 Å². The molecule has 7 nitrogen and oxygen atoms in total. The highest BCUT2D eigenvalue weighted by Gasteiger charge is 2.21. The zero-order chi connectivity index (χ0) is 21.1. The van der Waals surface area contributed by atoms with E-state index in [1.807, 2.05) is 44.3 Å². The number of thioether (sulfide) groups is 1. The molecule has 0 aliphatic carbocycles. The number of nitrogens with one attached hydrogen (secondary N) is 1. The van der Waals surface area contributed by atoms with Crippen molar-refractivity contribution in [2.45, 2.75) is 32.0 Å². The van der Waals surface area contributed by atoms with Gasteiger partial charge in [-0.1, -0.05) is 11.8 Å². The average Bonchev–Trinajstić information content (AvgIpc) is 3.23. The third kappa shape index (κ3) is 5.01. The Morgan fingerprint density at radius 3 is 2.55 bits per heavy atom. The van der Waals surface area contributed by atoms with E-state index >= 15 is 0 Å². The van der Waals surface area contributed by atoms with Crippen LogP contribution in [0.3, 0.4) is 0 Å². The van der Waals surface area contributed by atoms with E-state index in [0.29, 0.717) is 10.3 Å². The monoisotopic (exact) mass is 434 g/mol. The molecular formula is C19H23FN6OS2. The molecule has 3 rings (SSSR count). The Balaban J connectivity index is 1.81. The molecule has 2 aromatic heterocycles. The van der Waals surface area contributed by atoms with Crippen molar-refractivity contribution in [3.8, 4) is 5.69 Å². The lowest BCUT2D eigenvalue weighted by Crippen LogP contribution is -2.21. The Hall–Kier alpha value is -2.30. The smallest absolute Gasteiger partial charge is 0.236 e. The molecule has 0 spiro atoms. The first-order valence-electron chi connectivity index (χ1n) is 9.00. The molecule has 1 unspecified atom stereocenters. The summed E-state index contributed by atoms with van der Waals surface area (Å²) in [6.45, 7) is 5.89. The molecule has 0 aliphatic rings. The first-order valence-corrected chi connectivity index (χ1v) is 10.8. The largest absolute Gasteiger partial charge is 0.301 e. The minimum atomic E-state index is -0.313. The normalized spacial score (nSPS) is 12.4. The number of rotatable bonds is 7. The highest BCUT2D eigenvalue weighted by atomic mass is 32.2. The second-order valence-electron chi connectivity index (χ2n) is 6.79. The van der Waals surface area contributed by atoms with Gasteiger partial charge in [-0.05, 0) is 59.1 Å². The topological polar surface area (TPSA) is 75.9 Å². The Labute approximate surface area is 177 Å². The number of hydrogen-bond donors (Lipinski definition) is 1. The van der Waals surface area contributed by atoms with Gasteiger partial charge in [-0.3, -0.25) is 14.3 Å². The van der Waals surface area contributed by atoms with Crippen LogP contribution in [-0.2, 0) is 4.79 Å². The highest BCUT2D eigenvalue weighted by molar-refractivity contribution is 7.99. The first-order chi connectivity index (χ1) is 13.8. The molecule has 29 heavy (non-hydrogen) atoms. The molecule has 10 heteroatoms. The lowest BCUT2D eigenvalue weighted by Gasteiger charge is -2.20. The van der Waals surface area contributed by atoms with Crippen LogP contribution in [0.2, 0.25) is 0 Å². The van der Waals surface area contributed by atoms with Crippen LogP contribution in [0.25, 0.3) is 5.69 Å². The summed E-state index contributed by atoms with van der Waals surface area (Å²) in [6.07, 6.45) is 0. The van der Waals surface area contributed by atoms with Gasteiger partial charge in [0.1, 0.15) is 5.82 Å². The fraction of sp³-hybridized carbons (Fsp3) is 0.368. The highest BCUT2D eigenvalue weighted by Crippen LogP contribution is 2.27. The molecule has 0 radical (unpaired) electrons. The van der Waals surface area contributed by atoms with Crippen LogP contribution in [-0.4, -0.2) is 50.4 Å². The lowest BCUT2D eigenvalue weighted by molar-refractivity contribution is -0.113. The Bertz CT molecular complexity index is 979. The Morgan fingerprint density at radius 1 is 1.28 bits per heavy atom. The van der Waals surface area contributed by atoms with Gasteiger partial charge in [-0.25, -0.2) is 9.37 Å². The number of aryl methyl sites for hydroxylation is 2. The number of benzene rings is 1. The van der Waals surface area contributed by atoms with Crippen LogP contribution in [0, 0.1) is 19.7 Å². The number of aromatic nitrogens is 4. The van der Waals surface area contributed by atoms with Gasteiger partial charge in [0.15, 0.2) is 16.1 Å². The number of anilines is 1. The molecule has 0 fully saturated rings. The van der Waals surface area contributed by atoms with Crippen LogP contribution in [0.15, 0.2) is 29.4 Å². The van der Waals surface area contributed by atoms with Gasteiger partial charge in [0.25, 0.3) is 0 Å². The van der Waals surface area contributed by atoms with Gasteiger partial charge in [0, 0.05) is 10.6 Å². The van der Waals surface area contributed by atoms with E-state index in [9.17, 15) is 9.18 Å². The van der Waals surface area contributed by atoms with Gasteiger partial charge < -0.3 is 5.32 Å². The van der Waals surface area contributed by atoms with Gasteiger partial charge >= 0.3 is 0 Å².